The smallest absolute Gasteiger partial charge is 0.0834 e. The van der Waals surface area contributed by atoms with E-state index in [4.69, 9.17) is 15.2 Å². The van der Waals surface area contributed by atoms with Crippen molar-refractivity contribution >= 4 is 0 Å². The van der Waals surface area contributed by atoms with Crippen LogP contribution in [-0.2, 0) is 9.47 Å². The van der Waals surface area contributed by atoms with Crippen molar-refractivity contribution in [2.45, 2.75) is 50.4 Å². The van der Waals surface area contributed by atoms with Crippen LogP contribution in [0.5, 0.6) is 0 Å². The molecule has 1 heterocycles. The standard InChI is InChI=1S/C10H19NO2/c11-8-1-3-9(4-2-8)13-10-5-6-12-7-10/h8-10H,1-7,11H2. The summed E-state index contributed by atoms with van der Waals surface area (Å²) < 4.78 is 11.2. The molecule has 2 fully saturated rings. The Morgan fingerprint density at radius 2 is 1.77 bits per heavy atom. The Morgan fingerprint density at radius 3 is 2.38 bits per heavy atom. The Balaban J connectivity index is 1.69. The van der Waals surface area contributed by atoms with Gasteiger partial charge >= 0.3 is 0 Å². The fourth-order valence-electron chi connectivity index (χ4n) is 2.12. The molecule has 0 bridgehead atoms. The molecular weight excluding hydrogens is 166 g/mol. The second-order valence-electron chi connectivity index (χ2n) is 4.16. The molecule has 0 radical (unpaired) electrons. The molecule has 1 aliphatic carbocycles. The van der Waals surface area contributed by atoms with E-state index >= 15 is 0 Å². The zero-order valence-corrected chi connectivity index (χ0v) is 8.08. The molecule has 1 saturated heterocycles. The average molecular weight is 185 g/mol. The second kappa shape index (κ2) is 4.40. The Bertz CT molecular complexity index is 149. The summed E-state index contributed by atoms with van der Waals surface area (Å²) >= 11 is 0. The van der Waals surface area contributed by atoms with Gasteiger partial charge in [-0.05, 0) is 32.1 Å². The average Bonchev–Trinajstić information content (AvgIpc) is 2.62. The van der Waals surface area contributed by atoms with Crippen molar-refractivity contribution in [1.29, 1.82) is 0 Å². The fraction of sp³-hybridized carbons (Fsp3) is 1.00. The SMILES string of the molecule is NC1CCC(OC2CCOC2)CC1. The van der Waals surface area contributed by atoms with Gasteiger partial charge in [0.1, 0.15) is 0 Å². The van der Waals surface area contributed by atoms with Gasteiger partial charge in [-0.2, -0.15) is 0 Å². The van der Waals surface area contributed by atoms with Gasteiger partial charge in [0.05, 0.1) is 18.8 Å². The molecule has 1 unspecified atom stereocenters. The quantitative estimate of drug-likeness (QED) is 0.699. The zero-order chi connectivity index (χ0) is 9.10. The zero-order valence-electron chi connectivity index (χ0n) is 8.08. The third-order valence-electron chi connectivity index (χ3n) is 2.99. The van der Waals surface area contributed by atoms with E-state index in [-0.39, 0.29) is 0 Å². The minimum Gasteiger partial charge on any atom is -0.379 e. The predicted molar refractivity (Wildman–Crippen MR) is 50.5 cm³/mol. The van der Waals surface area contributed by atoms with Crippen LogP contribution in [0.15, 0.2) is 0 Å². The van der Waals surface area contributed by atoms with E-state index in [2.05, 4.69) is 0 Å². The van der Waals surface area contributed by atoms with Crippen molar-refractivity contribution in [2.24, 2.45) is 5.73 Å². The predicted octanol–water partition coefficient (Wildman–Crippen LogP) is 1.06. The highest BCUT2D eigenvalue weighted by atomic mass is 16.5. The summed E-state index contributed by atoms with van der Waals surface area (Å²) in [6, 6.07) is 0.416. The normalized spacial score (nSPS) is 40.8. The van der Waals surface area contributed by atoms with Crippen LogP contribution < -0.4 is 5.73 Å². The summed E-state index contributed by atoms with van der Waals surface area (Å²) in [7, 11) is 0. The molecule has 0 aromatic rings. The summed E-state index contributed by atoms with van der Waals surface area (Å²) in [5, 5.41) is 0. The fourth-order valence-corrected chi connectivity index (χ4v) is 2.12. The lowest BCUT2D eigenvalue weighted by molar-refractivity contribution is -0.0339. The number of rotatable bonds is 2. The molecule has 0 aromatic carbocycles. The van der Waals surface area contributed by atoms with E-state index in [9.17, 15) is 0 Å². The molecule has 3 nitrogen and oxygen atoms in total. The molecule has 76 valence electrons. The van der Waals surface area contributed by atoms with Crippen molar-refractivity contribution in [3.8, 4) is 0 Å². The molecular formula is C10H19NO2. The highest BCUT2D eigenvalue weighted by Gasteiger charge is 2.24. The van der Waals surface area contributed by atoms with Gasteiger partial charge in [0, 0.05) is 12.6 Å². The number of hydrogen-bond acceptors (Lipinski definition) is 3. The molecule has 0 amide bonds. The maximum Gasteiger partial charge on any atom is 0.0834 e. The summed E-state index contributed by atoms with van der Waals surface area (Å²) in [4.78, 5) is 0. The Hall–Kier alpha value is -0.120. The maximum atomic E-state index is 5.92. The Labute approximate surface area is 79.6 Å². The van der Waals surface area contributed by atoms with E-state index in [1.165, 1.54) is 0 Å². The van der Waals surface area contributed by atoms with E-state index in [0.717, 1.165) is 45.3 Å². The van der Waals surface area contributed by atoms with Crippen LogP contribution in [0.2, 0.25) is 0 Å². The van der Waals surface area contributed by atoms with Crippen molar-refractivity contribution in [1.82, 2.24) is 0 Å². The van der Waals surface area contributed by atoms with Gasteiger partial charge in [-0.25, -0.2) is 0 Å². The molecule has 2 N–H and O–H groups in total. The Kier molecular flexibility index (Phi) is 3.19. The van der Waals surface area contributed by atoms with Gasteiger partial charge < -0.3 is 15.2 Å². The monoisotopic (exact) mass is 185 g/mol. The molecule has 0 aromatic heterocycles. The first kappa shape index (κ1) is 9.44. The van der Waals surface area contributed by atoms with Crippen LogP contribution in [0, 0.1) is 0 Å². The minimum atomic E-state index is 0.360. The summed E-state index contributed by atoms with van der Waals surface area (Å²) in [6.45, 7) is 1.67. The number of ether oxygens (including phenoxy) is 2. The molecule has 2 aliphatic rings. The minimum absolute atomic E-state index is 0.360. The Morgan fingerprint density at radius 1 is 1.00 bits per heavy atom. The van der Waals surface area contributed by atoms with Crippen LogP contribution in [0.25, 0.3) is 0 Å². The first-order valence-corrected chi connectivity index (χ1v) is 5.33. The van der Waals surface area contributed by atoms with Crippen molar-refractivity contribution in [3.63, 3.8) is 0 Å². The van der Waals surface area contributed by atoms with Gasteiger partial charge in [0.25, 0.3) is 0 Å². The van der Waals surface area contributed by atoms with Crippen molar-refractivity contribution in [3.05, 3.63) is 0 Å². The van der Waals surface area contributed by atoms with E-state index in [1.807, 2.05) is 0 Å². The first-order valence-electron chi connectivity index (χ1n) is 5.33. The van der Waals surface area contributed by atoms with E-state index < -0.39 is 0 Å². The summed E-state index contributed by atoms with van der Waals surface area (Å²) in [6.07, 6.45) is 6.40. The highest BCUT2D eigenvalue weighted by molar-refractivity contribution is 4.76. The van der Waals surface area contributed by atoms with Crippen LogP contribution in [-0.4, -0.2) is 31.5 Å². The van der Waals surface area contributed by atoms with Crippen molar-refractivity contribution < 1.29 is 9.47 Å². The molecule has 3 heteroatoms. The van der Waals surface area contributed by atoms with Crippen LogP contribution in [0.1, 0.15) is 32.1 Å². The summed E-state index contributed by atoms with van der Waals surface area (Å²) in [5.41, 5.74) is 5.82. The molecule has 0 spiro atoms. The molecule has 1 saturated carbocycles. The van der Waals surface area contributed by atoms with Crippen LogP contribution in [0.3, 0.4) is 0 Å². The largest absolute Gasteiger partial charge is 0.379 e. The van der Waals surface area contributed by atoms with Gasteiger partial charge in [-0.15, -0.1) is 0 Å². The third kappa shape index (κ3) is 2.66. The van der Waals surface area contributed by atoms with Crippen LogP contribution >= 0.6 is 0 Å². The number of nitrogens with two attached hydrogens (primary N) is 1. The van der Waals surface area contributed by atoms with Crippen molar-refractivity contribution in [2.75, 3.05) is 13.2 Å². The topological polar surface area (TPSA) is 44.5 Å². The highest BCUT2D eigenvalue weighted by Crippen LogP contribution is 2.23. The molecule has 1 atom stereocenters. The molecule has 13 heavy (non-hydrogen) atoms. The van der Waals surface area contributed by atoms with Gasteiger partial charge in [-0.1, -0.05) is 0 Å². The lowest BCUT2D eigenvalue weighted by Crippen LogP contribution is -2.32. The molecule has 2 rings (SSSR count). The first-order chi connectivity index (χ1) is 6.34. The lowest BCUT2D eigenvalue weighted by Gasteiger charge is -2.28. The van der Waals surface area contributed by atoms with Crippen LogP contribution in [0.4, 0.5) is 0 Å². The number of hydrogen-bond donors (Lipinski definition) is 1. The van der Waals surface area contributed by atoms with Gasteiger partial charge in [0.15, 0.2) is 0 Å². The third-order valence-corrected chi connectivity index (χ3v) is 2.99. The van der Waals surface area contributed by atoms with Gasteiger partial charge in [0.2, 0.25) is 0 Å². The van der Waals surface area contributed by atoms with E-state index in [1.54, 1.807) is 0 Å². The molecule has 1 aliphatic heterocycles. The second-order valence-corrected chi connectivity index (χ2v) is 4.16. The van der Waals surface area contributed by atoms with Gasteiger partial charge in [-0.3, -0.25) is 0 Å². The van der Waals surface area contributed by atoms with E-state index in [0.29, 0.717) is 18.2 Å². The maximum absolute atomic E-state index is 5.92. The lowest BCUT2D eigenvalue weighted by atomic mass is 9.93. The summed E-state index contributed by atoms with van der Waals surface area (Å²) in [5.74, 6) is 0.